The Morgan fingerprint density at radius 1 is 1.10 bits per heavy atom. The Kier molecular flexibility index (Phi) is 4.74. The summed E-state index contributed by atoms with van der Waals surface area (Å²) >= 11 is 2.95. The standard InChI is InChI=1S/C20H14N4O3S2/c25-19-15-5-1-2-6-16(15)21-20(24(19)10-14-4-3-8-26-14)29-12-17-22-18(23-27-17)13-7-9-28-11-13/h1-9,11H,10,12H2. The first kappa shape index (κ1) is 17.9. The van der Waals surface area contributed by atoms with Crippen LogP contribution >= 0.6 is 23.1 Å². The average Bonchev–Trinajstić information content (AvgIpc) is 3.51. The molecule has 0 saturated carbocycles. The zero-order valence-corrected chi connectivity index (χ0v) is 16.7. The number of rotatable bonds is 6. The highest BCUT2D eigenvalue weighted by Crippen LogP contribution is 2.24. The van der Waals surface area contributed by atoms with Gasteiger partial charge in [-0.05, 0) is 35.7 Å². The van der Waals surface area contributed by atoms with Crippen molar-refractivity contribution in [3.05, 3.63) is 81.5 Å². The first-order chi connectivity index (χ1) is 14.3. The predicted molar refractivity (Wildman–Crippen MR) is 111 cm³/mol. The van der Waals surface area contributed by atoms with Crippen LogP contribution < -0.4 is 5.56 Å². The van der Waals surface area contributed by atoms with Gasteiger partial charge in [-0.25, -0.2) is 4.98 Å². The first-order valence-electron chi connectivity index (χ1n) is 8.78. The second kappa shape index (κ2) is 7.69. The fourth-order valence-electron chi connectivity index (χ4n) is 2.90. The Balaban J connectivity index is 1.47. The zero-order valence-electron chi connectivity index (χ0n) is 15.0. The van der Waals surface area contributed by atoms with Crippen molar-refractivity contribution in [3.8, 4) is 11.4 Å². The molecule has 0 radical (unpaired) electrons. The largest absolute Gasteiger partial charge is 0.467 e. The number of furan rings is 1. The van der Waals surface area contributed by atoms with Crippen molar-refractivity contribution in [2.24, 2.45) is 0 Å². The number of thioether (sulfide) groups is 1. The number of aromatic nitrogens is 4. The highest BCUT2D eigenvalue weighted by Gasteiger charge is 2.15. The number of fused-ring (bicyclic) bond motifs is 1. The van der Waals surface area contributed by atoms with E-state index in [9.17, 15) is 4.79 Å². The maximum Gasteiger partial charge on any atom is 0.262 e. The second-order valence-corrected chi connectivity index (χ2v) is 7.92. The highest BCUT2D eigenvalue weighted by atomic mass is 32.2. The lowest BCUT2D eigenvalue weighted by Crippen LogP contribution is -2.23. The van der Waals surface area contributed by atoms with Gasteiger partial charge in [0.25, 0.3) is 5.56 Å². The van der Waals surface area contributed by atoms with Crippen LogP contribution in [0, 0.1) is 0 Å². The van der Waals surface area contributed by atoms with Gasteiger partial charge in [-0.3, -0.25) is 9.36 Å². The zero-order chi connectivity index (χ0) is 19.6. The van der Waals surface area contributed by atoms with E-state index in [-0.39, 0.29) is 5.56 Å². The van der Waals surface area contributed by atoms with Gasteiger partial charge in [0.05, 0.1) is 29.5 Å². The molecule has 5 aromatic rings. The van der Waals surface area contributed by atoms with Gasteiger partial charge in [-0.15, -0.1) is 0 Å². The molecule has 5 rings (SSSR count). The maximum absolute atomic E-state index is 13.1. The lowest BCUT2D eigenvalue weighted by atomic mass is 10.2. The summed E-state index contributed by atoms with van der Waals surface area (Å²) in [7, 11) is 0. The number of hydrogen-bond donors (Lipinski definition) is 0. The molecule has 0 aliphatic heterocycles. The molecule has 0 N–H and O–H groups in total. The fourth-order valence-corrected chi connectivity index (χ4v) is 4.37. The summed E-state index contributed by atoms with van der Waals surface area (Å²) in [4.78, 5) is 22.2. The predicted octanol–water partition coefficient (Wildman–Crippen LogP) is 4.44. The number of hydrogen-bond acceptors (Lipinski definition) is 8. The molecule has 0 bridgehead atoms. The Hall–Kier alpha value is -3.17. The number of benzene rings is 1. The third kappa shape index (κ3) is 3.62. The Bertz CT molecular complexity index is 1310. The molecule has 29 heavy (non-hydrogen) atoms. The van der Waals surface area contributed by atoms with Gasteiger partial charge in [0, 0.05) is 10.9 Å². The molecule has 144 valence electrons. The monoisotopic (exact) mass is 422 g/mol. The van der Waals surface area contributed by atoms with Crippen LogP contribution in [-0.2, 0) is 12.3 Å². The van der Waals surface area contributed by atoms with E-state index in [4.69, 9.17) is 8.94 Å². The van der Waals surface area contributed by atoms with E-state index in [1.165, 1.54) is 11.8 Å². The van der Waals surface area contributed by atoms with E-state index < -0.39 is 0 Å². The lowest BCUT2D eigenvalue weighted by molar-refractivity contribution is 0.391. The molecule has 0 amide bonds. The Morgan fingerprint density at radius 3 is 2.86 bits per heavy atom. The molecule has 0 unspecified atom stereocenters. The van der Waals surface area contributed by atoms with Gasteiger partial charge in [0.2, 0.25) is 11.7 Å². The van der Waals surface area contributed by atoms with E-state index in [0.29, 0.717) is 45.8 Å². The van der Waals surface area contributed by atoms with Crippen molar-refractivity contribution < 1.29 is 8.94 Å². The fraction of sp³-hybridized carbons (Fsp3) is 0.100. The summed E-state index contributed by atoms with van der Waals surface area (Å²) < 4.78 is 12.4. The molecule has 0 aliphatic rings. The second-order valence-electron chi connectivity index (χ2n) is 6.19. The number of nitrogens with zero attached hydrogens (tertiary/aromatic N) is 4. The van der Waals surface area contributed by atoms with Crippen LogP contribution in [0.1, 0.15) is 11.7 Å². The quantitative estimate of drug-likeness (QED) is 0.295. The van der Waals surface area contributed by atoms with Crippen LogP contribution in [0.25, 0.3) is 22.3 Å². The van der Waals surface area contributed by atoms with Crippen molar-refractivity contribution in [3.63, 3.8) is 0 Å². The van der Waals surface area contributed by atoms with Crippen molar-refractivity contribution in [1.82, 2.24) is 19.7 Å². The van der Waals surface area contributed by atoms with E-state index in [2.05, 4.69) is 15.1 Å². The molecule has 0 fully saturated rings. The summed E-state index contributed by atoms with van der Waals surface area (Å²) in [6, 6.07) is 12.9. The Morgan fingerprint density at radius 2 is 2.03 bits per heavy atom. The topological polar surface area (TPSA) is 87.0 Å². The summed E-state index contributed by atoms with van der Waals surface area (Å²) in [6.45, 7) is 0.302. The van der Waals surface area contributed by atoms with E-state index in [1.54, 1.807) is 34.3 Å². The van der Waals surface area contributed by atoms with Crippen molar-refractivity contribution in [2.45, 2.75) is 17.5 Å². The van der Waals surface area contributed by atoms with Crippen molar-refractivity contribution in [1.29, 1.82) is 0 Å². The summed E-state index contributed by atoms with van der Waals surface area (Å²) in [5.74, 6) is 2.12. The SMILES string of the molecule is O=c1c2ccccc2nc(SCc2nc(-c3ccsc3)no2)n1Cc1ccco1. The normalized spacial score (nSPS) is 11.3. The van der Waals surface area contributed by atoms with Gasteiger partial charge < -0.3 is 8.94 Å². The van der Waals surface area contributed by atoms with Gasteiger partial charge in [0.1, 0.15) is 5.76 Å². The van der Waals surface area contributed by atoms with Crippen LogP contribution in [0.2, 0.25) is 0 Å². The lowest BCUT2D eigenvalue weighted by Gasteiger charge is -2.11. The van der Waals surface area contributed by atoms with Gasteiger partial charge in [-0.1, -0.05) is 29.1 Å². The molecule has 4 heterocycles. The maximum atomic E-state index is 13.1. The molecule has 0 aliphatic carbocycles. The molecular weight excluding hydrogens is 408 g/mol. The van der Waals surface area contributed by atoms with Gasteiger partial charge in [0.15, 0.2) is 5.16 Å². The summed E-state index contributed by atoms with van der Waals surface area (Å²) in [6.07, 6.45) is 1.59. The molecule has 0 saturated heterocycles. The number of thiophene rings is 1. The third-order valence-electron chi connectivity index (χ3n) is 4.29. The van der Waals surface area contributed by atoms with Crippen LogP contribution in [0.3, 0.4) is 0 Å². The molecule has 1 aromatic carbocycles. The van der Waals surface area contributed by atoms with Crippen molar-refractivity contribution >= 4 is 34.0 Å². The summed E-state index contributed by atoms with van der Waals surface area (Å²) in [5.41, 5.74) is 1.47. The number of para-hydroxylation sites is 1. The smallest absolute Gasteiger partial charge is 0.262 e. The molecule has 0 spiro atoms. The molecule has 9 heteroatoms. The molecule has 7 nitrogen and oxygen atoms in total. The van der Waals surface area contributed by atoms with Gasteiger partial charge in [-0.2, -0.15) is 16.3 Å². The first-order valence-corrected chi connectivity index (χ1v) is 10.7. The van der Waals surface area contributed by atoms with E-state index in [0.717, 1.165) is 5.56 Å². The minimum absolute atomic E-state index is 0.112. The van der Waals surface area contributed by atoms with E-state index in [1.807, 2.05) is 41.1 Å². The summed E-state index contributed by atoms with van der Waals surface area (Å²) in [5, 5.41) is 9.10. The molecule has 0 atom stereocenters. The van der Waals surface area contributed by atoms with Crippen LogP contribution in [-0.4, -0.2) is 19.7 Å². The van der Waals surface area contributed by atoms with Crippen LogP contribution in [0.5, 0.6) is 0 Å². The van der Waals surface area contributed by atoms with Crippen LogP contribution in [0.4, 0.5) is 0 Å². The van der Waals surface area contributed by atoms with E-state index >= 15 is 0 Å². The average molecular weight is 422 g/mol. The third-order valence-corrected chi connectivity index (χ3v) is 5.94. The molecule has 4 aromatic heterocycles. The minimum Gasteiger partial charge on any atom is -0.467 e. The van der Waals surface area contributed by atoms with Crippen LogP contribution in [0.15, 0.2) is 78.4 Å². The van der Waals surface area contributed by atoms with Gasteiger partial charge >= 0.3 is 0 Å². The Labute approximate surface area is 173 Å². The minimum atomic E-state index is -0.112. The van der Waals surface area contributed by atoms with Crippen molar-refractivity contribution in [2.75, 3.05) is 0 Å². The molecular formula is C20H14N4O3S2. The highest BCUT2D eigenvalue weighted by molar-refractivity contribution is 7.98.